The van der Waals surface area contributed by atoms with Gasteiger partial charge in [-0.1, -0.05) is 0 Å². The quantitative estimate of drug-likeness (QED) is 0.555. The molecule has 1 rings (SSSR count). The summed E-state index contributed by atoms with van der Waals surface area (Å²) in [6.07, 6.45) is 3.74. The maximum atomic E-state index is 9.64. The highest BCUT2D eigenvalue weighted by molar-refractivity contribution is 5.75. The van der Waals surface area contributed by atoms with Crippen LogP contribution in [-0.4, -0.2) is 38.7 Å². The van der Waals surface area contributed by atoms with Gasteiger partial charge in [0.15, 0.2) is 0 Å². The van der Waals surface area contributed by atoms with Crippen molar-refractivity contribution in [1.29, 1.82) is 0 Å². The molecule has 1 heterocycles. The molecular weight excluding hydrogens is 214 g/mol. The SMILES string of the molecule is NCCc1cnc[nH]1.O=C(O)CCC(=O)O. The molecule has 0 aliphatic heterocycles. The molecule has 0 unspecified atom stereocenters. The van der Waals surface area contributed by atoms with Crippen molar-refractivity contribution in [2.45, 2.75) is 19.3 Å². The average molecular weight is 229 g/mol. The minimum atomic E-state index is -1.08. The summed E-state index contributed by atoms with van der Waals surface area (Å²) in [5.41, 5.74) is 6.38. The van der Waals surface area contributed by atoms with E-state index in [0.717, 1.165) is 12.1 Å². The van der Waals surface area contributed by atoms with E-state index in [1.807, 2.05) is 0 Å². The number of imidazole rings is 1. The summed E-state index contributed by atoms with van der Waals surface area (Å²) in [4.78, 5) is 26.1. The number of carboxylic acid groups (broad SMARTS) is 2. The third kappa shape index (κ3) is 8.70. The first-order valence-corrected chi connectivity index (χ1v) is 4.67. The Balaban J connectivity index is 0.000000281. The van der Waals surface area contributed by atoms with E-state index in [4.69, 9.17) is 15.9 Å². The molecule has 0 bridgehead atoms. The second-order valence-corrected chi connectivity index (χ2v) is 2.90. The van der Waals surface area contributed by atoms with Crippen LogP contribution in [0.25, 0.3) is 0 Å². The Morgan fingerprint density at radius 1 is 1.31 bits per heavy atom. The number of carboxylic acids is 2. The molecule has 0 amide bonds. The van der Waals surface area contributed by atoms with Crippen molar-refractivity contribution in [2.24, 2.45) is 5.73 Å². The molecule has 0 atom stereocenters. The highest BCUT2D eigenvalue weighted by Gasteiger charge is 2.00. The van der Waals surface area contributed by atoms with Gasteiger partial charge in [-0.25, -0.2) is 4.98 Å². The maximum Gasteiger partial charge on any atom is 0.303 e. The molecule has 0 saturated heterocycles. The lowest BCUT2D eigenvalue weighted by Crippen LogP contribution is -2.02. The van der Waals surface area contributed by atoms with Crippen molar-refractivity contribution in [1.82, 2.24) is 9.97 Å². The Kier molecular flexibility index (Phi) is 7.43. The molecule has 1 aromatic rings. The first kappa shape index (κ1) is 14.1. The van der Waals surface area contributed by atoms with Crippen LogP contribution < -0.4 is 5.73 Å². The predicted molar refractivity (Wildman–Crippen MR) is 55.9 cm³/mol. The molecule has 1 aromatic heterocycles. The molecule has 0 radical (unpaired) electrons. The van der Waals surface area contributed by atoms with E-state index in [2.05, 4.69) is 9.97 Å². The number of aromatic nitrogens is 2. The van der Waals surface area contributed by atoms with Gasteiger partial charge in [-0.3, -0.25) is 9.59 Å². The molecule has 7 nitrogen and oxygen atoms in total. The normalized spacial score (nSPS) is 9.06. The zero-order chi connectivity index (χ0) is 12.4. The fourth-order valence-electron chi connectivity index (χ4n) is 0.791. The summed E-state index contributed by atoms with van der Waals surface area (Å²) in [6.45, 7) is 0.683. The van der Waals surface area contributed by atoms with Gasteiger partial charge in [-0.05, 0) is 6.54 Å². The summed E-state index contributed by atoms with van der Waals surface area (Å²) in [6, 6.07) is 0. The third-order valence-corrected chi connectivity index (χ3v) is 1.52. The van der Waals surface area contributed by atoms with Crippen LogP contribution in [-0.2, 0) is 16.0 Å². The number of hydrogen-bond acceptors (Lipinski definition) is 4. The lowest BCUT2D eigenvalue weighted by atomic mass is 10.3. The van der Waals surface area contributed by atoms with Gasteiger partial charge in [0.1, 0.15) is 0 Å². The van der Waals surface area contributed by atoms with Gasteiger partial charge in [0.05, 0.1) is 19.2 Å². The van der Waals surface area contributed by atoms with E-state index in [9.17, 15) is 9.59 Å². The minimum Gasteiger partial charge on any atom is -0.481 e. The number of nitrogens with zero attached hydrogens (tertiary/aromatic N) is 1. The van der Waals surface area contributed by atoms with Crippen molar-refractivity contribution in [3.63, 3.8) is 0 Å². The lowest BCUT2D eigenvalue weighted by molar-refractivity contribution is -0.143. The van der Waals surface area contributed by atoms with E-state index < -0.39 is 11.9 Å². The summed E-state index contributed by atoms with van der Waals surface area (Å²) >= 11 is 0. The number of aliphatic carboxylic acids is 2. The van der Waals surface area contributed by atoms with Crippen molar-refractivity contribution < 1.29 is 19.8 Å². The fraction of sp³-hybridized carbons (Fsp3) is 0.444. The van der Waals surface area contributed by atoms with E-state index >= 15 is 0 Å². The number of hydrogen-bond donors (Lipinski definition) is 4. The average Bonchev–Trinajstić information content (AvgIpc) is 2.69. The number of carbonyl (C=O) groups is 2. The van der Waals surface area contributed by atoms with Gasteiger partial charge >= 0.3 is 11.9 Å². The summed E-state index contributed by atoms with van der Waals surface area (Å²) in [7, 11) is 0. The van der Waals surface area contributed by atoms with Gasteiger partial charge in [0, 0.05) is 18.3 Å². The van der Waals surface area contributed by atoms with Gasteiger partial charge in [0.2, 0.25) is 0 Å². The first-order chi connectivity index (χ1) is 7.56. The first-order valence-electron chi connectivity index (χ1n) is 4.67. The van der Waals surface area contributed by atoms with Crippen molar-refractivity contribution in [2.75, 3.05) is 6.54 Å². The minimum absolute atomic E-state index is 0.296. The molecule has 0 saturated carbocycles. The van der Waals surface area contributed by atoms with E-state index in [1.165, 1.54) is 0 Å². The number of nitrogens with one attached hydrogen (secondary N) is 1. The third-order valence-electron chi connectivity index (χ3n) is 1.52. The second-order valence-electron chi connectivity index (χ2n) is 2.90. The lowest BCUT2D eigenvalue weighted by Gasteiger charge is -1.86. The van der Waals surface area contributed by atoms with Gasteiger partial charge in [-0.2, -0.15) is 0 Å². The van der Waals surface area contributed by atoms with Crippen LogP contribution >= 0.6 is 0 Å². The zero-order valence-electron chi connectivity index (χ0n) is 8.72. The molecule has 0 fully saturated rings. The van der Waals surface area contributed by atoms with Crippen molar-refractivity contribution in [3.8, 4) is 0 Å². The molecule has 7 heteroatoms. The smallest absolute Gasteiger partial charge is 0.303 e. The summed E-state index contributed by atoms with van der Waals surface area (Å²) < 4.78 is 0. The topological polar surface area (TPSA) is 129 Å². The van der Waals surface area contributed by atoms with Crippen LogP contribution in [0.3, 0.4) is 0 Å². The second kappa shape index (κ2) is 8.42. The summed E-state index contributed by atoms with van der Waals surface area (Å²) in [5.74, 6) is -2.15. The van der Waals surface area contributed by atoms with Crippen LogP contribution in [0.1, 0.15) is 18.5 Å². The largest absolute Gasteiger partial charge is 0.481 e. The monoisotopic (exact) mass is 229 g/mol. The molecule has 0 aliphatic rings. The number of nitrogens with two attached hydrogens (primary N) is 1. The predicted octanol–water partition coefficient (Wildman–Crippen LogP) is -0.153. The number of aromatic amines is 1. The Labute approximate surface area is 92.3 Å². The number of H-pyrrole nitrogens is 1. The van der Waals surface area contributed by atoms with Crippen LogP contribution in [0.15, 0.2) is 12.5 Å². The van der Waals surface area contributed by atoms with Crippen molar-refractivity contribution in [3.05, 3.63) is 18.2 Å². The van der Waals surface area contributed by atoms with E-state index in [-0.39, 0.29) is 12.8 Å². The number of rotatable bonds is 5. The fourth-order valence-corrected chi connectivity index (χ4v) is 0.791. The molecule has 5 N–H and O–H groups in total. The highest BCUT2D eigenvalue weighted by Crippen LogP contribution is 1.88. The van der Waals surface area contributed by atoms with Gasteiger partial charge < -0.3 is 20.9 Å². The maximum absolute atomic E-state index is 9.64. The highest BCUT2D eigenvalue weighted by atomic mass is 16.4. The Morgan fingerprint density at radius 2 is 1.88 bits per heavy atom. The van der Waals surface area contributed by atoms with Crippen LogP contribution in [0.2, 0.25) is 0 Å². The molecule has 90 valence electrons. The van der Waals surface area contributed by atoms with Crippen LogP contribution in [0, 0.1) is 0 Å². The van der Waals surface area contributed by atoms with E-state index in [1.54, 1.807) is 12.5 Å². The molecular formula is C9H15N3O4. The molecule has 0 spiro atoms. The standard InChI is InChI=1S/C5H9N3.C4H6O4/c6-2-1-5-3-7-4-8-5;5-3(6)1-2-4(7)8/h3-4H,1-2,6H2,(H,7,8);1-2H2,(H,5,6)(H,7,8). The van der Waals surface area contributed by atoms with Gasteiger partial charge in [0.25, 0.3) is 0 Å². The Morgan fingerprint density at radius 3 is 2.19 bits per heavy atom. The van der Waals surface area contributed by atoms with Crippen molar-refractivity contribution >= 4 is 11.9 Å². The zero-order valence-corrected chi connectivity index (χ0v) is 8.72. The Bertz CT molecular complexity index is 297. The summed E-state index contributed by atoms with van der Waals surface area (Å²) in [5, 5.41) is 15.8. The van der Waals surface area contributed by atoms with Gasteiger partial charge in [-0.15, -0.1) is 0 Å². The van der Waals surface area contributed by atoms with E-state index in [0.29, 0.717) is 6.54 Å². The molecule has 0 aliphatic carbocycles. The molecule has 0 aromatic carbocycles. The Hall–Kier alpha value is -1.89. The molecule has 16 heavy (non-hydrogen) atoms. The van der Waals surface area contributed by atoms with Crippen LogP contribution in [0.4, 0.5) is 0 Å². The van der Waals surface area contributed by atoms with Crippen LogP contribution in [0.5, 0.6) is 0 Å².